The second kappa shape index (κ2) is 4.86. The lowest BCUT2D eigenvalue weighted by molar-refractivity contribution is 0.0982. The SMILES string of the molecule is O=C(CCCBr)c1ccc2ncsc2c1. The summed E-state index contributed by atoms with van der Waals surface area (Å²) >= 11 is 4.89. The molecule has 2 rings (SSSR count). The standard InChI is InChI=1S/C11H10BrNOS/c12-5-1-2-10(14)8-3-4-9-11(6-8)15-7-13-9/h3-4,6-7H,1-2,5H2. The molecule has 0 aliphatic rings. The summed E-state index contributed by atoms with van der Waals surface area (Å²) in [5.41, 5.74) is 3.57. The number of hydrogen-bond acceptors (Lipinski definition) is 3. The van der Waals surface area contributed by atoms with E-state index in [9.17, 15) is 4.79 Å². The van der Waals surface area contributed by atoms with E-state index >= 15 is 0 Å². The van der Waals surface area contributed by atoms with E-state index in [-0.39, 0.29) is 5.78 Å². The molecule has 2 nitrogen and oxygen atoms in total. The van der Waals surface area contributed by atoms with Gasteiger partial charge in [-0.1, -0.05) is 15.9 Å². The Labute approximate surface area is 100 Å². The summed E-state index contributed by atoms with van der Waals surface area (Å²) in [5, 5.41) is 0.877. The lowest BCUT2D eigenvalue weighted by Gasteiger charge is -1.99. The lowest BCUT2D eigenvalue weighted by atomic mass is 10.1. The van der Waals surface area contributed by atoms with Crippen molar-refractivity contribution in [2.24, 2.45) is 0 Å². The summed E-state index contributed by atoms with van der Waals surface area (Å²) in [6.45, 7) is 0. The number of carbonyl (C=O) groups is 1. The second-order valence-electron chi connectivity index (χ2n) is 3.25. The third-order valence-corrected chi connectivity index (χ3v) is 3.54. The fraction of sp³-hybridized carbons (Fsp3) is 0.273. The van der Waals surface area contributed by atoms with Crippen molar-refractivity contribution in [3.8, 4) is 0 Å². The highest BCUT2D eigenvalue weighted by atomic mass is 79.9. The number of Topliss-reactive ketones (excluding diaryl/α,β-unsaturated/α-hetero) is 1. The molecule has 0 fully saturated rings. The number of thiazole rings is 1. The molecule has 1 heterocycles. The van der Waals surface area contributed by atoms with Gasteiger partial charge >= 0.3 is 0 Å². The molecule has 0 saturated heterocycles. The molecule has 0 amide bonds. The van der Waals surface area contributed by atoms with Crippen molar-refractivity contribution in [3.63, 3.8) is 0 Å². The fourth-order valence-electron chi connectivity index (χ4n) is 1.40. The van der Waals surface area contributed by atoms with Crippen molar-refractivity contribution in [1.29, 1.82) is 0 Å². The minimum absolute atomic E-state index is 0.213. The van der Waals surface area contributed by atoms with Crippen LogP contribution in [0.25, 0.3) is 10.2 Å². The summed E-state index contributed by atoms with van der Waals surface area (Å²) in [4.78, 5) is 15.9. The zero-order chi connectivity index (χ0) is 10.7. The molecule has 0 aliphatic heterocycles. The number of rotatable bonds is 4. The van der Waals surface area contributed by atoms with Crippen LogP contribution in [0.4, 0.5) is 0 Å². The third-order valence-electron chi connectivity index (χ3n) is 2.19. The molecule has 1 aromatic carbocycles. The highest BCUT2D eigenvalue weighted by molar-refractivity contribution is 9.09. The topological polar surface area (TPSA) is 30.0 Å². The Morgan fingerprint density at radius 2 is 2.33 bits per heavy atom. The van der Waals surface area contributed by atoms with E-state index in [0.717, 1.165) is 27.5 Å². The first-order valence-electron chi connectivity index (χ1n) is 4.73. The zero-order valence-corrected chi connectivity index (χ0v) is 10.5. The Morgan fingerprint density at radius 3 is 3.13 bits per heavy atom. The van der Waals surface area contributed by atoms with Crippen molar-refractivity contribution < 1.29 is 4.79 Å². The minimum Gasteiger partial charge on any atom is -0.294 e. The Hall–Kier alpha value is -0.740. The third kappa shape index (κ3) is 2.44. The van der Waals surface area contributed by atoms with Gasteiger partial charge in [-0.25, -0.2) is 4.98 Å². The molecule has 4 heteroatoms. The molecule has 0 spiro atoms. The van der Waals surface area contributed by atoms with Crippen LogP contribution >= 0.6 is 27.3 Å². The number of halogens is 1. The predicted molar refractivity (Wildman–Crippen MR) is 67.0 cm³/mol. The van der Waals surface area contributed by atoms with Gasteiger partial charge in [-0.15, -0.1) is 11.3 Å². The molecule has 2 aromatic rings. The quantitative estimate of drug-likeness (QED) is 0.633. The summed E-state index contributed by atoms with van der Waals surface area (Å²) in [6, 6.07) is 5.70. The maximum absolute atomic E-state index is 11.7. The molecule has 0 saturated carbocycles. The maximum Gasteiger partial charge on any atom is 0.162 e. The van der Waals surface area contributed by atoms with Gasteiger partial charge in [0.15, 0.2) is 5.78 Å². The van der Waals surface area contributed by atoms with E-state index < -0.39 is 0 Å². The number of ketones is 1. The first-order chi connectivity index (χ1) is 7.31. The van der Waals surface area contributed by atoms with Gasteiger partial charge in [0.2, 0.25) is 0 Å². The van der Waals surface area contributed by atoms with Crippen LogP contribution in [0.3, 0.4) is 0 Å². The Bertz CT molecular complexity index is 480. The Morgan fingerprint density at radius 1 is 1.47 bits per heavy atom. The molecule has 0 bridgehead atoms. The van der Waals surface area contributed by atoms with Crippen LogP contribution in [0.1, 0.15) is 23.2 Å². The number of alkyl halides is 1. The highest BCUT2D eigenvalue weighted by Crippen LogP contribution is 2.20. The van der Waals surface area contributed by atoms with Gasteiger partial charge in [-0.2, -0.15) is 0 Å². The molecule has 0 atom stereocenters. The zero-order valence-electron chi connectivity index (χ0n) is 8.07. The van der Waals surface area contributed by atoms with Crippen molar-refractivity contribution in [1.82, 2.24) is 4.98 Å². The van der Waals surface area contributed by atoms with Gasteiger partial charge in [0, 0.05) is 17.3 Å². The van der Waals surface area contributed by atoms with Gasteiger partial charge in [-0.05, 0) is 24.6 Å². The molecular formula is C11H10BrNOS. The van der Waals surface area contributed by atoms with Gasteiger partial charge in [0.1, 0.15) is 0 Å². The Kier molecular flexibility index (Phi) is 3.49. The van der Waals surface area contributed by atoms with E-state index in [0.29, 0.717) is 6.42 Å². The van der Waals surface area contributed by atoms with E-state index in [1.54, 1.807) is 16.8 Å². The van der Waals surface area contributed by atoms with Crippen molar-refractivity contribution in [2.45, 2.75) is 12.8 Å². The van der Waals surface area contributed by atoms with Gasteiger partial charge in [0.05, 0.1) is 15.7 Å². The number of fused-ring (bicyclic) bond motifs is 1. The highest BCUT2D eigenvalue weighted by Gasteiger charge is 2.06. The number of carbonyl (C=O) groups excluding carboxylic acids is 1. The van der Waals surface area contributed by atoms with Crippen LogP contribution in [0, 0.1) is 0 Å². The maximum atomic E-state index is 11.7. The van der Waals surface area contributed by atoms with Crippen LogP contribution in [0.2, 0.25) is 0 Å². The smallest absolute Gasteiger partial charge is 0.162 e. The summed E-state index contributed by atoms with van der Waals surface area (Å²) in [5.74, 6) is 0.213. The molecule has 0 unspecified atom stereocenters. The first kappa shape index (κ1) is 10.8. The first-order valence-corrected chi connectivity index (χ1v) is 6.74. The van der Waals surface area contributed by atoms with Gasteiger partial charge in [0.25, 0.3) is 0 Å². The molecule has 1 aromatic heterocycles. The van der Waals surface area contributed by atoms with Gasteiger partial charge < -0.3 is 0 Å². The van der Waals surface area contributed by atoms with Crippen LogP contribution in [0.5, 0.6) is 0 Å². The van der Waals surface area contributed by atoms with Crippen molar-refractivity contribution in [3.05, 3.63) is 29.3 Å². The van der Waals surface area contributed by atoms with Crippen LogP contribution in [0.15, 0.2) is 23.7 Å². The second-order valence-corrected chi connectivity index (χ2v) is 4.93. The summed E-state index contributed by atoms with van der Waals surface area (Å²) in [6.07, 6.45) is 1.50. The molecule has 0 radical (unpaired) electrons. The van der Waals surface area contributed by atoms with E-state index in [4.69, 9.17) is 0 Å². The van der Waals surface area contributed by atoms with Gasteiger partial charge in [-0.3, -0.25) is 4.79 Å². The molecule has 0 aliphatic carbocycles. The summed E-state index contributed by atoms with van der Waals surface area (Å²) < 4.78 is 1.08. The van der Waals surface area contributed by atoms with Crippen molar-refractivity contribution in [2.75, 3.05) is 5.33 Å². The Balaban J connectivity index is 2.23. The molecular weight excluding hydrogens is 274 g/mol. The summed E-state index contributed by atoms with van der Waals surface area (Å²) in [7, 11) is 0. The van der Waals surface area contributed by atoms with E-state index in [2.05, 4.69) is 20.9 Å². The molecule has 15 heavy (non-hydrogen) atoms. The average Bonchev–Trinajstić information content (AvgIpc) is 2.72. The number of hydrogen-bond donors (Lipinski definition) is 0. The molecule has 78 valence electrons. The predicted octanol–water partition coefficient (Wildman–Crippen LogP) is 3.65. The average molecular weight is 284 g/mol. The number of nitrogens with zero attached hydrogens (tertiary/aromatic N) is 1. The lowest BCUT2D eigenvalue weighted by Crippen LogP contribution is -1.98. The fourth-order valence-corrected chi connectivity index (χ4v) is 2.40. The van der Waals surface area contributed by atoms with Crippen LogP contribution in [-0.4, -0.2) is 16.1 Å². The number of aromatic nitrogens is 1. The van der Waals surface area contributed by atoms with Crippen molar-refractivity contribution >= 4 is 43.3 Å². The normalized spacial score (nSPS) is 10.7. The number of benzene rings is 1. The van der Waals surface area contributed by atoms with E-state index in [1.165, 1.54) is 0 Å². The van der Waals surface area contributed by atoms with E-state index in [1.807, 2.05) is 18.2 Å². The monoisotopic (exact) mass is 283 g/mol. The van der Waals surface area contributed by atoms with Crippen LogP contribution < -0.4 is 0 Å². The minimum atomic E-state index is 0.213. The largest absolute Gasteiger partial charge is 0.294 e. The van der Waals surface area contributed by atoms with Crippen LogP contribution in [-0.2, 0) is 0 Å². The molecule has 0 N–H and O–H groups in total.